The summed E-state index contributed by atoms with van der Waals surface area (Å²) < 4.78 is 2.18. The third-order valence-electron chi connectivity index (χ3n) is 3.23. The maximum absolute atomic E-state index is 3.95. The monoisotopic (exact) mass is 261 g/mol. The van der Waals surface area contributed by atoms with Gasteiger partial charge in [0.2, 0.25) is 0 Å². The van der Waals surface area contributed by atoms with Crippen LogP contribution in [0.1, 0.15) is 18.2 Å². The molecule has 0 aliphatic carbocycles. The van der Waals surface area contributed by atoms with Crippen molar-refractivity contribution in [1.82, 2.24) is 4.57 Å². The minimum Gasteiger partial charge on any atom is -0.309 e. The Morgan fingerprint density at radius 1 is 1.10 bits per heavy atom. The standard InChI is InChI=1S/C19H19N/c1-5-11-15(12-6-2)20-18(8-4)16(7-3)17-13-9-10-14-19(17)20/h5-14H,1,3-4H2,2H3/b12-6-,15-11+. The van der Waals surface area contributed by atoms with E-state index in [1.54, 1.807) is 6.08 Å². The first-order chi connectivity index (χ1) is 9.78. The molecule has 1 aromatic carbocycles. The number of nitrogens with zero attached hydrogens (tertiary/aromatic N) is 1. The van der Waals surface area contributed by atoms with Crippen LogP contribution in [0.5, 0.6) is 0 Å². The Hall–Kier alpha value is -2.54. The number of allylic oxidation sites excluding steroid dienone is 5. The van der Waals surface area contributed by atoms with Gasteiger partial charge in [0, 0.05) is 16.6 Å². The van der Waals surface area contributed by atoms with E-state index in [-0.39, 0.29) is 0 Å². The summed E-state index contributed by atoms with van der Waals surface area (Å²) in [5.41, 5.74) is 4.35. The average Bonchev–Trinajstić information content (AvgIpc) is 2.80. The van der Waals surface area contributed by atoms with Crippen molar-refractivity contribution in [1.29, 1.82) is 0 Å². The van der Waals surface area contributed by atoms with Gasteiger partial charge in [0.1, 0.15) is 0 Å². The highest BCUT2D eigenvalue weighted by Crippen LogP contribution is 2.31. The molecule has 2 rings (SSSR count). The minimum atomic E-state index is 1.05. The van der Waals surface area contributed by atoms with Crippen LogP contribution in [0, 0.1) is 0 Å². The van der Waals surface area contributed by atoms with E-state index >= 15 is 0 Å². The molecule has 0 saturated heterocycles. The first-order valence-corrected chi connectivity index (χ1v) is 6.62. The van der Waals surface area contributed by atoms with E-state index in [9.17, 15) is 0 Å². The number of rotatable bonds is 5. The lowest BCUT2D eigenvalue weighted by atomic mass is 10.1. The first kappa shape index (κ1) is 13.9. The van der Waals surface area contributed by atoms with Crippen LogP contribution in [-0.4, -0.2) is 4.57 Å². The Morgan fingerprint density at radius 2 is 1.85 bits per heavy atom. The van der Waals surface area contributed by atoms with E-state index in [1.807, 2.05) is 43.4 Å². The molecule has 0 unspecified atom stereocenters. The van der Waals surface area contributed by atoms with Crippen LogP contribution in [0.4, 0.5) is 0 Å². The molecule has 0 aliphatic heterocycles. The van der Waals surface area contributed by atoms with Gasteiger partial charge in [-0.1, -0.05) is 56.2 Å². The first-order valence-electron chi connectivity index (χ1n) is 6.62. The van der Waals surface area contributed by atoms with Crippen molar-refractivity contribution in [2.75, 3.05) is 0 Å². The van der Waals surface area contributed by atoms with Gasteiger partial charge in [-0.2, -0.15) is 0 Å². The number of fused-ring (bicyclic) bond motifs is 1. The summed E-state index contributed by atoms with van der Waals surface area (Å²) in [6.07, 6.45) is 11.6. The second kappa shape index (κ2) is 6.07. The van der Waals surface area contributed by atoms with Crippen molar-refractivity contribution >= 4 is 28.8 Å². The molecule has 1 heteroatoms. The van der Waals surface area contributed by atoms with Crippen LogP contribution >= 0.6 is 0 Å². The van der Waals surface area contributed by atoms with Crippen molar-refractivity contribution in [3.05, 3.63) is 79.6 Å². The molecule has 0 fully saturated rings. The van der Waals surface area contributed by atoms with Gasteiger partial charge < -0.3 is 4.57 Å². The highest BCUT2D eigenvalue weighted by atomic mass is 15.0. The van der Waals surface area contributed by atoms with Crippen LogP contribution in [0.3, 0.4) is 0 Å². The summed E-state index contributed by atoms with van der Waals surface area (Å²) in [5.74, 6) is 0. The summed E-state index contributed by atoms with van der Waals surface area (Å²) in [7, 11) is 0. The summed E-state index contributed by atoms with van der Waals surface area (Å²) in [6.45, 7) is 13.7. The summed E-state index contributed by atoms with van der Waals surface area (Å²) in [5, 5.41) is 1.18. The number of para-hydroxylation sites is 1. The molecule has 1 aromatic heterocycles. The topological polar surface area (TPSA) is 4.93 Å². The van der Waals surface area contributed by atoms with Crippen LogP contribution in [0.15, 0.2) is 68.3 Å². The summed E-state index contributed by atoms with van der Waals surface area (Å²) in [4.78, 5) is 0. The molecule has 100 valence electrons. The fraction of sp³-hybridized carbons (Fsp3) is 0.0526. The molecule has 0 atom stereocenters. The Bertz CT molecular complexity index is 724. The Morgan fingerprint density at radius 3 is 2.45 bits per heavy atom. The number of aromatic nitrogens is 1. The predicted octanol–water partition coefficient (Wildman–Crippen LogP) is 5.53. The molecule has 0 aliphatic rings. The highest BCUT2D eigenvalue weighted by molar-refractivity contribution is 5.96. The lowest BCUT2D eigenvalue weighted by molar-refractivity contribution is 1.15. The molecule has 1 heterocycles. The van der Waals surface area contributed by atoms with Crippen LogP contribution in [0.25, 0.3) is 28.8 Å². The third-order valence-corrected chi connectivity index (χ3v) is 3.23. The van der Waals surface area contributed by atoms with Crippen molar-refractivity contribution in [2.45, 2.75) is 6.92 Å². The average molecular weight is 261 g/mol. The molecule has 2 aromatic rings. The van der Waals surface area contributed by atoms with Crippen molar-refractivity contribution in [3.8, 4) is 0 Å². The molecule has 0 radical (unpaired) electrons. The van der Waals surface area contributed by atoms with Crippen LogP contribution < -0.4 is 0 Å². The van der Waals surface area contributed by atoms with E-state index in [0.29, 0.717) is 0 Å². The van der Waals surface area contributed by atoms with Crippen molar-refractivity contribution in [2.24, 2.45) is 0 Å². The van der Waals surface area contributed by atoms with Crippen LogP contribution in [0.2, 0.25) is 0 Å². The smallest absolute Gasteiger partial charge is 0.0541 e. The lowest BCUT2D eigenvalue weighted by Crippen LogP contribution is -1.97. The van der Waals surface area contributed by atoms with Gasteiger partial charge >= 0.3 is 0 Å². The molecule has 20 heavy (non-hydrogen) atoms. The van der Waals surface area contributed by atoms with E-state index in [2.05, 4.69) is 42.5 Å². The molecule has 1 nitrogen and oxygen atoms in total. The maximum atomic E-state index is 3.95. The zero-order chi connectivity index (χ0) is 14.5. The third kappa shape index (κ3) is 2.19. The lowest BCUT2D eigenvalue weighted by Gasteiger charge is -2.09. The summed E-state index contributed by atoms with van der Waals surface area (Å²) >= 11 is 0. The molecule has 0 N–H and O–H groups in total. The Balaban J connectivity index is 2.93. The number of hydrogen-bond acceptors (Lipinski definition) is 0. The number of hydrogen-bond donors (Lipinski definition) is 0. The minimum absolute atomic E-state index is 1.05. The maximum Gasteiger partial charge on any atom is 0.0541 e. The Labute approximate surface area is 120 Å². The zero-order valence-electron chi connectivity index (χ0n) is 11.8. The molecule has 0 saturated carbocycles. The van der Waals surface area contributed by atoms with Gasteiger partial charge in [-0.05, 0) is 31.2 Å². The second-order valence-corrected chi connectivity index (χ2v) is 4.39. The SMILES string of the molecule is C=C/C=C(\C=C/C)n1c(C=C)c(C=C)c2ccccc21. The molecule has 0 spiro atoms. The quantitative estimate of drug-likeness (QED) is 0.623. The van der Waals surface area contributed by atoms with Gasteiger partial charge in [-0.15, -0.1) is 0 Å². The largest absolute Gasteiger partial charge is 0.309 e. The molecular weight excluding hydrogens is 242 g/mol. The Kier molecular flexibility index (Phi) is 4.21. The van der Waals surface area contributed by atoms with Crippen molar-refractivity contribution in [3.63, 3.8) is 0 Å². The van der Waals surface area contributed by atoms with Crippen LogP contribution in [-0.2, 0) is 0 Å². The second-order valence-electron chi connectivity index (χ2n) is 4.39. The van der Waals surface area contributed by atoms with E-state index in [1.165, 1.54) is 5.39 Å². The highest BCUT2D eigenvalue weighted by Gasteiger charge is 2.13. The predicted molar refractivity (Wildman–Crippen MR) is 91.4 cm³/mol. The van der Waals surface area contributed by atoms with E-state index in [0.717, 1.165) is 22.5 Å². The van der Waals surface area contributed by atoms with Gasteiger partial charge in [0.25, 0.3) is 0 Å². The fourth-order valence-electron chi connectivity index (χ4n) is 2.47. The molecular formula is C19H19N. The fourth-order valence-corrected chi connectivity index (χ4v) is 2.47. The molecule has 0 bridgehead atoms. The zero-order valence-corrected chi connectivity index (χ0v) is 11.8. The molecule has 0 amide bonds. The van der Waals surface area contributed by atoms with Gasteiger partial charge in [-0.25, -0.2) is 0 Å². The number of benzene rings is 1. The van der Waals surface area contributed by atoms with E-state index < -0.39 is 0 Å². The normalized spacial score (nSPS) is 11.9. The van der Waals surface area contributed by atoms with Gasteiger partial charge in [0.15, 0.2) is 0 Å². The summed E-state index contributed by atoms with van der Waals surface area (Å²) in [6, 6.07) is 8.30. The van der Waals surface area contributed by atoms with Gasteiger partial charge in [-0.3, -0.25) is 0 Å². The van der Waals surface area contributed by atoms with Crippen molar-refractivity contribution < 1.29 is 0 Å². The van der Waals surface area contributed by atoms with Gasteiger partial charge in [0.05, 0.1) is 11.2 Å². The van der Waals surface area contributed by atoms with E-state index in [4.69, 9.17) is 0 Å².